The Morgan fingerprint density at radius 2 is 2.12 bits per heavy atom. The number of hydrogen-bond acceptors (Lipinski definition) is 2. The highest BCUT2D eigenvalue weighted by Crippen LogP contribution is 2.22. The minimum Gasteiger partial charge on any atom is -0.469 e. The molecule has 0 radical (unpaired) electrons. The van der Waals surface area contributed by atoms with E-state index in [2.05, 4.69) is 15.9 Å². The average molecular weight is 283 g/mol. The second-order valence-corrected chi connectivity index (χ2v) is 4.07. The summed E-state index contributed by atoms with van der Waals surface area (Å²) >= 11 is 3.06. The van der Waals surface area contributed by atoms with Gasteiger partial charge in [0.15, 0.2) is 5.78 Å². The molecule has 0 bridgehead atoms. The van der Waals surface area contributed by atoms with Crippen molar-refractivity contribution in [2.45, 2.75) is 6.42 Å². The summed E-state index contributed by atoms with van der Waals surface area (Å²) in [4.78, 5) is 11.8. The summed E-state index contributed by atoms with van der Waals surface area (Å²) in [6.45, 7) is 0. The number of hydrogen-bond donors (Lipinski definition) is 0. The van der Waals surface area contributed by atoms with Crippen LogP contribution in [-0.4, -0.2) is 5.78 Å². The van der Waals surface area contributed by atoms with E-state index in [4.69, 9.17) is 4.42 Å². The van der Waals surface area contributed by atoms with Crippen molar-refractivity contribution < 1.29 is 13.6 Å². The SMILES string of the molecule is O=C(Cc1ccco1)c1cccc(F)c1Br. The Morgan fingerprint density at radius 1 is 1.31 bits per heavy atom. The smallest absolute Gasteiger partial charge is 0.171 e. The quantitative estimate of drug-likeness (QED) is 0.805. The molecule has 1 heterocycles. The molecule has 0 unspecified atom stereocenters. The molecule has 0 N–H and O–H groups in total. The molecule has 0 atom stereocenters. The molecular formula is C12H8BrFO2. The van der Waals surface area contributed by atoms with E-state index in [1.807, 2.05) is 0 Å². The highest BCUT2D eigenvalue weighted by atomic mass is 79.9. The Balaban J connectivity index is 2.24. The van der Waals surface area contributed by atoms with E-state index >= 15 is 0 Å². The van der Waals surface area contributed by atoms with Gasteiger partial charge in [-0.25, -0.2) is 4.39 Å². The van der Waals surface area contributed by atoms with Gasteiger partial charge in [0.05, 0.1) is 17.2 Å². The highest BCUT2D eigenvalue weighted by molar-refractivity contribution is 9.10. The maximum atomic E-state index is 13.2. The fourth-order valence-electron chi connectivity index (χ4n) is 1.39. The maximum Gasteiger partial charge on any atom is 0.171 e. The van der Waals surface area contributed by atoms with Crippen LogP contribution in [0.3, 0.4) is 0 Å². The second-order valence-electron chi connectivity index (χ2n) is 3.28. The van der Waals surface area contributed by atoms with Gasteiger partial charge < -0.3 is 4.42 Å². The molecule has 0 aliphatic carbocycles. The third kappa shape index (κ3) is 2.22. The maximum absolute atomic E-state index is 13.2. The lowest BCUT2D eigenvalue weighted by atomic mass is 10.1. The van der Waals surface area contributed by atoms with E-state index in [1.165, 1.54) is 18.4 Å². The van der Waals surface area contributed by atoms with Crippen molar-refractivity contribution in [3.05, 3.63) is 58.2 Å². The Kier molecular flexibility index (Phi) is 3.19. The molecule has 2 aromatic rings. The van der Waals surface area contributed by atoms with Crippen LogP contribution in [0.1, 0.15) is 16.1 Å². The van der Waals surface area contributed by atoms with Crippen LogP contribution >= 0.6 is 15.9 Å². The molecule has 2 rings (SSSR count). The summed E-state index contributed by atoms with van der Waals surface area (Å²) in [5.74, 6) is -0.0484. The van der Waals surface area contributed by atoms with Gasteiger partial charge in [0, 0.05) is 5.56 Å². The van der Waals surface area contributed by atoms with Crippen LogP contribution in [0.5, 0.6) is 0 Å². The highest BCUT2D eigenvalue weighted by Gasteiger charge is 2.14. The van der Waals surface area contributed by atoms with Gasteiger partial charge in [-0.1, -0.05) is 12.1 Å². The molecule has 16 heavy (non-hydrogen) atoms. The Morgan fingerprint density at radius 3 is 2.81 bits per heavy atom. The van der Waals surface area contributed by atoms with Gasteiger partial charge in [-0.3, -0.25) is 4.79 Å². The van der Waals surface area contributed by atoms with Crippen molar-refractivity contribution in [1.29, 1.82) is 0 Å². The first-order chi connectivity index (χ1) is 7.68. The predicted molar refractivity (Wildman–Crippen MR) is 60.8 cm³/mol. The average Bonchev–Trinajstić information content (AvgIpc) is 2.74. The van der Waals surface area contributed by atoms with Crippen LogP contribution in [0.4, 0.5) is 4.39 Å². The van der Waals surface area contributed by atoms with Crippen LogP contribution in [0.2, 0.25) is 0 Å². The molecule has 0 aliphatic rings. The van der Waals surface area contributed by atoms with E-state index in [1.54, 1.807) is 18.2 Å². The van der Waals surface area contributed by atoms with Gasteiger partial charge in [-0.15, -0.1) is 0 Å². The Labute approximate surface area is 100 Å². The van der Waals surface area contributed by atoms with Gasteiger partial charge in [-0.2, -0.15) is 0 Å². The van der Waals surface area contributed by atoms with Crippen molar-refractivity contribution in [1.82, 2.24) is 0 Å². The third-order valence-corrected chi connectivity index (χ3v) is 2.97. The largest absolute Gasteiger partial charge is 0.469 e. The number of carbonyl (C=O) groups excluding carboxylic acids is 1. The molecule has 1 aromatic carbocycles. The first-order valence-corrected chi connectivity index (χ1v) is 5.47. The first-order valence-electron chi connectivity index (χ1n) is 4.68. The summed E-state index contributed by atoms with van der Waals surface area (Å²) in [5.41, 5.74) is 0.330. The first kappa shape index (κ1) is 11.1. The van der Waals surface area contributed by atoms with Crippen molar-refractivity contribution in [3.8, 4) is 0 Å². The molecule has 0 fully saturated rings. The fraction of sp³-hybridized carbons (Fsp3) is 0.0833. The van der Waals surface area contributed by atoms with E-state index in [-0.39, 0.29) is 16.7 Å². The zero-order valence-electron chi connectivity index (χ0n) is 8.24. The summed E-state index contributed by atoms with van der Waals surface area (Å²) in [5, 5.41) is 0. The number of ketones is 1. The van der Waals surface area contributed by atoms with Crippen molar-refractivity contribution >= 4 is 21.7 Å². The standard InChI is InChI=1S/C12H8BrFO2/c13-12-9(4-1-5-10(12)14)11(15)7-8-3-2-6-16-8/h1-6H,7H2. The van der Waals surface area contributed by atoms with Gasteiger partial charge in [0.25, 0.3) is 0 Å². The zero-order valence-corrected chi connectivity index (χ0v) is 9.83. The lowest BCUT2D eigenvalue weighted by molar-refractivity contribution is 0.0985. The van der Waals surface area contributed by atoms with Crippen LogP contribution < -0.4 is 0 Å². The molecule has 0 saturated carbocycles. The molecule has 0 aliphatic heterocycles. The van der Waals surface area contributed by atoms with Crippen LogP contribution in [0.15, 0.2) is 45.5 Å². The number of benzene rings is 1. The summed E-state index contributed by atoms with van der Waals surface area (Å²) in [6.07, 6.45) is 1.64. The molecule has 0 spiro atoms. The Bertz CT molecular complexity index is 506. The molecule has 1 aromatic heterocycles. The van der Waals surface area contributed by atoms with Gasteiger partial charge in [0.2, 0.25) is 0 Å². The molecular weight excluding hydrogens is 275 g/mol. The van der Waals surface area contributed by atoms with Crippen molar-refractivity contribution in [3.63, 3.8) is 0 Å². The molecule has 4 heteroatoms. The number of rotatable bonds is 3. The summed E-state index contributed by atoms with van der Waals surface area (Å²) in [6, 6.07) is 7.82. The third-order valence-electron chi connectivity index (χ3n) is 2.17. The summed E-state index contributed by atoms with van der Waals surface area (Å²) in [7, 11) is 0. The van der Waals surface area contributed by atoms with E-state index in [0.717, 1.165) is 0 Å². The summed E-state index contributed by atoms with van der Waals surface area (Å²) < 4.78 is 18.5. The van der Waals surface area contributed by atoms with Gasteiger partial charge in [0.1, 0.15) is 11.6 Å². The van der Waals surface area contributed by atoms with E-state index in [0.29, 0.717) is 11.3 Å². The van der Waals surface area contributed by atoms with E-state index in [9.17, 15) is 9.18 Å². The normalized spacial score (nSPS) is 10.4. The minimum atomic E-state index is -0.440. The molecule has 2 nitrogen and oxygen atoms in total. The fourth-order valence-corrected chi connectivity index (χ4v) is 1.87. The van der Waals surface area contributed by atoms with Gasteiger partial charge >= 0.3 is 0 Å². The zero-order chi connectivity index (χ0) is 11.5. The topological polar surface area (TPSA) is 30.2 Å². The number of furan rings is 1. The number of carbonyl (C=O) groups is 1. The number of Topliss-reactive ketones (excluding diaryl/α,β-unsaturated/α-hetero) is 1. The van der Waals surface area contributed by atoms with Crippen molar-refractivity contribution in [2.24, 2.45) is 0 Å². The second kappa shape index (κ2) is 4.61. The van der Waals surface area contributed by atoms with Crippen molar-refractivity contribution in [2.75, 3.05) is 0 Å². The van der Waals surface area contributed by atoms with Crippen LogP contribution in [0, 0.1) is 5.82 Å². The van der Waals surface area contributed by atoms with E-state index < -0.39 is 5.82 Å². The Hall–Kier alpha value is -1.42. The lowest BCUT2D eigenvalue weighted by Gasteiger charge is -2.02. The van der Waals surface area contributed by atoms with Gasteiger partial charge in [-0.05, 0) is 34.1 Å². The minimum absolute atomic E-state index is 0.134. The van der Waals surface area contributed by atoms with Crippen LogP contribution in [0.25, 0.3) is 0 Å². The molecule has 0 amide bonds. The monoisotopic (exact) mass is 282 g/mol. The predicted octanol–water partition coefficient (Wildman–Crippen LogP) is 3.61. The number of halogens is 2. The van der Waals surface area contributed by atoms with Crippen LogP contribution in [-0.2, 0) is 6.42 Å². The lowest BCUT2D eigenvalue weighted by Crippen LogP contribution is -2.04. The molecule has 82 valence electrons. The molecule has 0 saturated heterocycles.